The van der Waals surface area contributed by atoms with Crippen LogP contribution in [0, 0.1) is 5.92 Å². The molecule has 142 valence electrons. The van der Waals surface area contributed by atoms with E-state index in [1.54, 1.807) is 14.0 Å². The zero-order valence-corrected chi connectivity index (χ0v) is 16.0. The number of hydrogen-bond acceptors (Lipinski definition) is 3. The Kier molecular flexibility index (Phi) is 5.17. The van der Waals surface area contributed by atoms with Crippen LogP contribution in [-0.4, -0.2) is 25.2 Å². The number of carbonyl (C=O) groups excluding carboxylic acids is 1. The van der Waals surface area contributed by atoms with E-state index in [4.69, 9.17) is 9.47 Å². The number of benzene rings is 2. The molecular formula is C23H27NO3. The molecule has 1 saturated heterocycles. The fourth-order valence-corrected chi connectivity index (χ4v) is 4.68. The Bertz CT molecular complexity index is 805. The van der Waals surface area contributed by atoms with Gasteiger partial charge in [0.2, 0.25) is 5.91 Å². The molecule has 2 aromatic rings. The number of hydrogen-bond donors (Lipinski definition) is 1. The lowest BCUT2D eigenvalue weighted by Crippen LogP contribution is -2.47. The zero-order valence-electron chi connectivity index (χ0n) is 16.0. The van der Waals surface area contributed by atoms with E-state index in [9.17, 15) is 4.79 Å². The summed E-state index contributed by atoms with van der Waals surface area (Å²) in [4.78, 5) is 11.7. The van der Waals surface area contributed by atoms with E-state index in [-0.39, 0.29) is 24.2 Å². The summed E-state index contributed by atoms with van der Waals surface area (Å²) in [6, 6.07) is 16.8. The molecule has 0 spiro atoms. The highest BCUT2D eigenvalue weighted by Crippen LogP contribution is 2.45. The van der Waals surface area contributed by atoms with Gasteiger partial charge < -0.3 is 14.8 Å². The van der Waals surface area contributed by atoms with Gasteiger partial charge in [0.25, 0.3) is 0 Å². The minimum absolute atomic E-state index is 0.0382. The van der Waals surface area contributed by atoms with Gasteiger partial charge in [0.1, 0.15) is 5.75 Å². The van der Waals surface area contributed by atoms with Crippen molar-refractivity contribution in [3.8, 4) is 16.9 Å². The standard InChI is InChI=1S/C23H27NO3/c1-15(25)24-20-14-23(27-22-10-6-9-18(20)22)19-13-17(11-12-21(19)26-2)16-7-4-3-5-8-16/h3-5,7-8,11-13,18,20,22-23H,6,9-10,14H2,1-2H3,(H,24,25)/t18-,20+,22+,23+/m0/s1. The van der Waals surface area contributed by atoms with Crippen molar-refractivity contribution in [2.75, 3.05) is 7.11 Å². The molecule has 4 heteroatoms. The fourth-order valence-electron chi connectivity index (χ4n) is 4.68. The molecule has 2 fully saturated rings. The smallest absolute Gasteiger partial charge is 0.217 e. The number of nitrogens with one attached hydrogen (secondary N) is 1. The Hall–Kier alpha value is -2.33. The Balaban J connectivity index is 1.67. The second-order valence-corrected chi connectivity index (χ2v) is 7.62. The maximum atomic E-state index is 11.7. The Morgan fingerprint density at radius 3 is 2.67 bits per heavy atom. The van der Waals surface area contributed by atoms with Gasteiger partial charge in [-0.2, -0.15) is 0 Å². The van der Waals surface area contributed by atoms with Gasteiger partial charge >= 0.3 is 0 Å². The predicted octanol–water partition coefficient (Wildman–Crippen LogP) is 4.50. The van der Waals surface area contributed by atoms with Crippen LogP contribution in [0.2, 0.25) is 0 Å². The first-order chi connectivity index (χ1) is 13.2. The lowest BCUT2D eigenvalue weighted by molar-refractivity contribution is -0.124. The largest absolute Gasteiger partial charge is 0.496 e. The number of rotatable bonds is 4. The van der Waals surface area contributed by atoms with Gasteiger partial charge in [0, 0.05) is 24.4 Å². The summed E-state index contributed by atoms with van der Waals surface area (Å²) in [6.07, 6.45) is 4.29. The van der Waals surface area contributed by atoms with Gasteiger partial charge in [-0.05, 0) is 42.5 Å². The molecule has 4 atom stereocenters. The molecule has 2 aliphatic rings. The minimum atomic E-state index is -0.0696. The first-order valence-electron chi connectivity index (χ1n) is 9.81. The first kappa shape index (κ1) is 18.1. The molecule has 1 saturated carbocycles. The molecule has 0 radical (unpaired) electrons. The van der Waals surface area contributed by atoms with Crippen molar-refractivity contribution >= 4 is 5.91 Å². The van der Waals surface area contributed by atoms with Crippen LogP contribution < -0.4 is 10.1 Å². The number of ether oxygens (including phenoxy) is 2. The fraction of sp³-hybridized carbons (Fsp3) is 0.435. The molecule has 4 nitrogen and oxygen atoms in total. The van der Waals surface area contributed by atoms with Crippen molar-refractivity contribution in [3.05, 3.63) is 54.1 Å². The van der Waals surface area contributed by atoms with Gasteiger partial charge in [-0.25, -0.2) is 0 Å². The molecule has 0 aromatic heterocycles. The summed E-state index contributed by atoms with van der Waals surface area (Å²) in [6.45, 7) is 1.60. The molecule has 1 N–H and O–H groups in total. The summed E-state index contributed by atoms with van der Waals surface area (Å²) in [7, 11) is 1.70. The lowest BCUT2D eigenvalue weighted by atomic mass is 9.85. The second kappa shape index (κ2) is 7.73. The molecule has 0 unspecified atom stereocenters. The molecule has 1 aliphatic heterocycles. The number of amides is 1. The van der Waals surface area contributed by atoms with Crippen LogP contribution >= 0.6 is 0 Å². The lowest BCUT2D eigenvalue weighted by Gasteiger charge is -2.39. The van der Waals surface area contributed by atoms with Gasteiger partial charge in [0.15, 0.2) is 0 Å². The van der Waals surface area contributed by atoms with Crippen LogP contribution in [0.3, 0.4) is 0 Å². The molecule has 1 heterocycles. The zero-order chi connectivity index (χ0) is 18.8. The third-order valence-corrected chi connectivity index (χ3v) is 5.90. The van der Waals surface area contributed by atoms with Gasteiger partial charge in [-0.1, -0.05) is 42.8 Å². The average molecular weight is 365 g/mol. The van der Waals surface area contributed by atoms with Crippen LogP contribution in [0.5, 0.6) is 5.75 Å². The quantitative estimate of drug-likeness (QED) is 0.868. The first-order valence-corrected chi connectivity index (χ1v) is 9.81. The van der Waals surface area contributed by atoms with E-state index in [1.807, 2.05) is 24.3 Å². The monoisotopic (exact) mass is 365 g/mol. The van der Waals surface area contributed by atoms with E-state index in [0.29, 0.717) is 5.92 Å². The molecule has 27 heavy (non-hydrogen) atoms. The normalized spacial score (nSPS) is 27.0. The van der Waals surface area contributed by atoms with Crippen molar-refractivity contribution in [1.29, 1.82) is 0 Å². The van der Waals surface area contributed by atoms with Gasteiger partial charge in [0.05, 0.1) is 19.3 Å². The van der Waals surface area contributed by atoms with E-state index >= 15 is 0 Å². The van der Waals surface area contributed by atoms with Crippen LogP contribution in [0.25, 0.3) is 11.1 Å². The third-order valence-electron chi connectivity index (χ3n) is 5.90. The van der Waals surface area contributed by atoms with Gasteiger partial charge in [-0.15, -0.1) is 0 Å². The number of carbonyl (C=O) groups is 1. The van der Waals surface area contributed by atoms with Crippen molar-refractivity contribution in [2.24, 2.45) is 5.92 Å². The summed E-state index contributed by atoms with van der Waals surface area (Å²) >= 11 is 0. The maximum Gasteiger partial charge on any atom is 0.217 e. The van der Waals surface area contributed by atoms with Crippen molar-refractivity contribution in [3.63, 3.8) is 0 Å². The van der Waals surface area contributed by atoms with Crippen LogP contribution in [0.15, 0.2) is 48.5 Å². The van der Waals surface area contributed by atoms with Crippen molar-refractivity contribution in [1.82, 2.24) is 5.32 Å². The van der Waals surface area contributed by atoms with E-state index in [2.05, 4.69) is 29.6 Å². The van der Waals surface area contributed by atoms with Gasteiger partial charge in [-0.3, -0.25) is 4.79 Å². The maximum absolute atomic E-state index is 11.7. The number of fused-ring (bicyclic) bond motifs is 1. The van der Waals surface area contributed by atoms with Crippen molar-refractivity contribution in [2.45, 2.75) is 50.9 Å². The summed E-state index contributed by atoms with van der Waals surface area (Å²) in [5.41, 5.74) is 3.40. The summed E-state index contributed by atoms with van der Waals surface area (Å²) < 4.78 is 12.2. The molecule has 0 bridgehead atoms. The Labute approximate surface area is 160 Å². The number of methoxy groups -OCH3 is 1. The van der Waals surface area contributed by atoms with Crippen molar-refractivity contribution < 1.29 is 14.3 Å². The van der Waals surface area contributed by atoms with E-state index < -0.39 is 0 Å². The molecule has 4 rings (SSSR count). The SMILES string of the molecule is COc1ccc(-c2ccccc2)cc1[C@H]1C[C@@H](NC(C)=O)[C@@H]2CCC[C@H]2O1. The highest BCUT2D eigenvalue weighted by Gasteiger charge is 2.42. The van der Waals surface area contributed by atoms with E-state index in [0.717, 1.165) is 36.1 Å². The summed E-state index contributed by atoms with van der Waals surface area (Å²) in [5, 5.41) is 3.18. The summed E-state index contributed by atoms with van der Waals surface area (Å²) in [5.74, 6) is 1.31. The molecular weight excluding hydrogens is 338 g/mol. The minimum Gasteiger partial charge on any atom is -0.496 e. The highest BCUT2D eigenvalue weighted by atomic mass is 16.5. The predicted molar refractivity (Wildman–Crippen MR) is 106 cm³/mol. The van der Waals surface area contributed by atoms with Crippen LogP contribution in [-0.2, 0) is 9.53 Å². The average Bonchev–Trinajstić information content (AvgIpc) is 3.17. The highest BCUT2D eigenvalue weighted by molar-refractivity contribution is 5.73. The second-order valence-electron chi connectivity index (χ2n) is 7.62. The molecule has 2 aromatic carbocycles. The molecule has 1 aliphatic carbocycles. The Morgan fingerprint density at radius 1 is 1.11 bits per heavy atom. The van der Waals surface area contributed by atoms with Crippen LogP contribution in [0.1, 0.15) is 44.3 Å². The third kappa shape index (κ3) is 3.72. The molecule has 1 amide bonds. The topological polar surface area (TPSA) is 47.6 Å². The van der Waals surface area contributed by atoms with Crippen LogP contribution in [0.4, 0.5) is 0 Å². The Morgan fingerprint density at radius 2 is 1.93 bits per heavy atom. The van der Waals surface area contributed by atoms with E-state index in [1.165, 1.54) is 12.0 Å².